The number of carbonyl (C=O) groups excluding carboxylic acids is 2. The Balaban J connectivity index is 1.73. The Bertz CT molecular complexity index is 1280. The SMILES string of the molecule is Cc1ccc(C)c(N2C(=O)C(=O)/C(=C(\O)c3ccc4c(c3)OCO4)C2c2ccccc2)c1. The summed E-state index contributed by atoms with van der Waals surface area (Å²) in [5.41, 5.74) is 3.63. The highest BCUT2D eigenvalue weighted by atomic mass is 16.7. The van der Waals surface area contributed by atoms with Crippen molar-refractivity contribution in [2.75, 3.05) is 11.7 Å². The van der Waals surface area contributed by atoms with Crippen LogP contribution in [0.25, 0.3) is 5.76 Å². The maximum absolute atomic E-state index is 13.3. The fraction of sp³-hybridized carbons (Fsp3) is 0.154. The maximum Gasteiger partial charge on any atom is 0.300 e. The second-order valence-corrected chi connectivity index (χ2v) is 7.94. The van der Waals surface area contributed by atoms with E-state index in [-0.39, 0.29) is 18.1 Å². The van der Waals surface area contributed by atoms with E-state index in [1.54, 1.807) is 18.2 Å². The highest BCUT2D eigenvalue weighted by Gasteiger charge is 2.47. The summed E-state index contributed by atoms with van der Waals surface area (Å²) in [4.78, 5) is 28.0. The number of ether oxygens (including phenoxy) is 2. The number of aliphatic hydroxyl groups excluding tert-OH is 1. The standard InChI is InChI=1S/C26H21NO5/c1-15-8-9-16(2)19(12-15)27-23(17-6-4-3-5-7-17)22(25(29)26(27)30)24(28)18-10-11-20-21(13-18)32-14-31-20/h3-13,23,28H,14H2,1-2H3/b24-22-. The van der Waals surface area contributed by atoms with Gasteiger partial charge in [0, 0.05) is 11.3 Å². The largest absolute Gasteiger partial charge is 0.507 e. The van der Waals surface area contributed by atoms with Gasteiger partial charge in [-0.25, -0.2) is 0 Å². The van der Waals surface area contributed by atoms with E-state index in [0.29, 0.717) is 22.7 Å². The zero-order chi connectivity index (χ0) is 22.4. The van der Waals surface area contributed by atoms with Crippen LogP contribution in [0, 0.1) is 13.8 Å². The molecule has 1 atom stereocenters. The van der Waals surface area contributed by atoms with E-state index < -0.39 is 17.7 Å². The van der Waals surface area contributed by atoms with Gasteiger partial charge in [0.15, 0.2) is 11.5 Å². The van der Waals surface area contributed by atoms with Crippen LogP contribution in [-0.4, -0.2) is 23.6 Å². The summed E-state index contributed by atoms with van der Waals surface area (Å²) in [7, 11) is 0. The first-order chi connectivity index (χ1) is 15.5. The van der Waals surface area contributed by atoms with Crippen molar-refractivity contribution in [2.45, 2.75) is 19.9 Å². The number of aryl methyl sites for hydroxylation is 2. The Morgan fingerprint density at radius 1 is 0.938 bits per heavy atom. The van der Waals surface area contributed by atoms with Crippen molar-refractivity contribution in [3.05, 3.63) is 94.6 Å². The van der Waals surface area contributed by atoms with Gasteiger partial charge in [-0.1, -0.05) is 42.5 Å². The normalized spacial score (nSPS) is 18.9. The Hall–Kier alpha value is -4.06. The first-order valence-electron chi connectivity index (χ1n) is 10.3. The third-order valence-electron chi connectivity index (χ3n) is 5.83. The number of fused-ring (bicyclic) bond motifs is 1. The quantitative estimate of drug-likeness (QED) is 0.374. The van der Waals surface area contributed by atoms with Crippen molar-refractivity contribution in [3.63, 3.8) is 0 Å². The topological polar surface area (TPSA) is 76.1 Å². The molecule has 0 bridgehead atoms. The number of carbonyl (C=O) groups is 2. The van der Waals surface area contributed by atoms with Crippen LogP contribution >= 0.6 is 0 Å². The minimum Gasteiger partial charge on any atom is -0.507 e. The van der Waals surface area contributed by atoms with Crippen LogP contribution in [0.2, 0.25) is 0 Å². The summed E-state index contributed by atoms with van der Waals surface area (Å²) in [6.45, 7) is 3.93. The second kappa shape index (κ2) is 7.57. The van der Waals surface area contributed by atoms with Gasteiger partial charge < -0.3 is 14.6 Å². The van der Waals surface area contributed by atoms with E-state index in [0.717, 1.165) is 16.7 Å². The number of hydrogen-bond donors (Lipinski definition) is 1. The fourth-order valence-electron chi connectivity index (χ4n) is 4.21. The van der Waals surface area contributed by atoms with E-state index in [1.165, 1.54) is 4.90 Å². The molecule has 1 unspecified atom stereocenters. The highest BCUT2D eigenvalue weighted by Crippen LogP contribution is 2.44. The number of ketones is 1. The summed E-state index contributed by atoms with van der Waals surface area (Å²) < 4.78 is 10.7. The lowest BCUT2D eigenvalue weighted by molar-refractivity contribution is -0.132. The molecule has 32 heavy (non-hydrogen) atoms. The molecule has 3 aromatic carbocycles. The Kier molecular flexibility index (Phi) is 4.70. The van der Waals surface area contributed by atoms with E-state index in [9.17, 15) is 14.7 Å². The van der Waals surface area contributed by atoms with Gasteiger partial charge >= 0.3 is 0 Å². The van der Waals surface area contributed by atoms with Crippen molar-refractivity contribution in [3.8, 4) is 11.5 Å². The zero-order valence-corrected chi connectivity index (χ0v) is 17.7. The molecule has 2 aliphatic rings. The van der Waals surface area contributed by atoms with Gasteiger partial charge in [-0.2, -0.15) is 0 Å². The molecule has 1 fully saturated rings. The predicted octanol–water partition coefficient (Wildman–Crippen LogP) is 4.66. The average molecular weight is 427 g/mol. The van der Waals surface area contributed by atoms with Crippen molar-refractivity contribution in [1.82, 2.24) is 0 Å². The number of benzene rings is 3. The monoisotopic (exact) mass is 427 g/mol. The molecule has 0 radical (unpaired) electrons. The fourth-order valence-corrected chi connectivity index (χ4v) is 4.21. The molecule has 0 saturated carbocycles. The van der Waals surface area contributed by atoms with E-state index >= 15 is 0 Å². The third-order valence-corrected chi connectivity index (χ3v) is 5.83. The third kappa shape index (κ3) is 3.12. The number of anilines is 1. The predicted molar refractivity (Wildman–Crippen MR) is 120 cm³/mol. The van der Waals surface area contributed by atoms with Crippen molar-refractivity contribution >= 4 is 23.1 Å². The molecule has 1 amide bonds. The summed E-state index contributed by atoms with van der Waals surface area (Å²) in [6.07, 6.45) is 0. The van der Waals surface area contributed by atoms with E-state index in [2.05, 4.69) is 0 Å². The molecule has 0 aromatic heterocycles. The van der Waals surface area contributed by atoms with Gasteiger partial charge in [-0.15, -0.1) is 0 Å². The molecule has 2 heterocycles. The van der Waals surface area contributed by atoms with Gasteiger partial charge in [0.25, 0.3) is 11.7 Å². The van der Waals surface area contributed by atoms with Crippen molar-refractivity contribution in [2.24, 2.45) is 0 Å². The number of rotatable bonds is 3. The molecule has 6 heteroatoms. The van der Waals surface area contributed by atoms with Gasteiger partial charge in [0.1, 0.15) is 5.76 Å². The highest BCUT2D eigenvalue weighted by molar-refractivity contribution is 6.51. The van der Waals surface area contributed by atoms with Crippen LogP contribution < -0.4 is 14.4 Å². The van der Waals surface area contributed by atoms with Crippen LogP contribution in [0.3, 0.4) is 0 Å². The van der Waals surface area contributed by atoms with Crippen LogP contribution in [-0.2, 0) is 9.59 Å². The smallest absolute Gasteiger partial charge is 0.300 e. The molecule has 160 valence electrons. The van der Waals surface area contributed by atoms with Crippen LogP contribution in [0.15, 0.2) is 72.3 Å². The summed E-state index contributed by atoms with van der Waals surface area (Å²) in [5.74, 6) is -0.598. The second-order valence-electron chi connectivity index (χ2n) is 7.94. The van der Waals surface area contributed by atoms with Gasteiger partial charge in [0.05, 0.1) is 11.6 Å². The van der Waals surface area contributed by atoms with Crippen LogP contribution in [0.5, 0.6) is 11.5 Å². The first-order valence-corrected chi connectivity index (χ1v) is 10.3. The van der Waals surface area contributed by atoms with E-state index in [4.69, 9.17) is 9.47 Å². The Morgan fingerprint density at radius 2 is 1.69 bits per heavy atom. The minimum atomic E-state index is -0.762. The summed E-state index contributed by atoms with van der Waals surface area (Å²) in [6, 6.07) is 19.2. The number of Topliss-reactive ketones (excluding diaryl/α,β-unsaturated/α-hetero) is 1. The molecule has 2 aliphatic heterocycles. The number of hydrogen-bond acceptors (Lipinski definition) is 5. The van der Waals surface area contributed by atoms with Gasteiger partial charge in [-0.3, -0.25) is 14.5 Å². The molecule has 0 spiro atoms. The Morgan fingerprint density at radius 3 is 2.47 bits per heavy atom. The van der Waals surface area contributed by atoms with Crippen LogP contribution in [0.1, 0.15) is 28.3 Å². The van der Waals surface area contributed by atoms with Crippen LogP contribution in [0.4, 0.5) is 5.69 Å². The van der Waals surface area contributed by atoms with Crippen molar-refractivity contribution in [1.29, 1.82) is 0 Å². The molecule has 3 aromatic rings. The zero-order valence-electron chi connectivity index (χ0n) is 17.7. The lowest BCUT2D eigenvalue weighted by atomic mass is 9.94. The molecular weight excluding hydrogens is 406 g/mol. The number of aliphatic hydroxyl groups is 1. The van der Waals surface area contributed by atoms with Crippen molar-refractivity contribution < 1.29 is 24.2 Å². The lowest BCUT2D eigenvalue weighted by Crippen LogP contribution is -2.30. The lowest BCUT2D eigenvalue weighted by Gasteiger charge is -2.27. The molecule has 1 N–H and O–H groups in total. The maximum atomic E-state index is 13.3. The summed E-state index contributed by atoms with van der Waals surface area (Å²) in [5, 5.41) is 11.2. The first kappa shape index (κ1) is 19.9. The molecule has 0 aliphatic carbocycles. The summed E-state index contributed by atoms with van der Waals surface area (Å²) >= 11 is 0. The molecule has 5 rings (SSSR count). The molecule has 6 nitrogen and oxygen atoms in total. The molecular formula is C26H21NO5. The van der Waals surface area contributed by atoms with E-state index in [1.807, 2.05) is 62.4 Å². The van der Waals surface area contributed by atoms with Gasteiger partial charge in [-0.05, 0) is 54.8 Å². The minimum absolute atomic E-state index is 0.0426. The Labute approximate surface area is 185 Å². The number of amides is 1. The average Bonchev–Trinajstić information content (AvgIpc) is 3.38. The number of nitrogens with zero attached hydrogens (tertiary/aromatic N) is 1. The molecule has 1 saturated heterocycles. The van der Waals surface area contributed by atoms with Gasteiger partial charge in [0.2, 0.25) is 6.79 Å².